The molecule has 1 fully saturated rings. The maximum atomic E-state index is 12.3. The Morgan fingerprint density at radius 1 is 1.22 bits per heavy atom. The molecule has 126 valence electrons. The summed E-state index contributed by atoms with van der Waals surface area (Å²) in [5, 5.41) is 4.34. The third kappa shape index (κ3) is 3.85. The van der Waals surface area contributed by atoms with Crippen molar-refractivity contribution >= 4 is 33.8 Å². The predicted molar refractivity (Wildman–Crippen MR) is 88.2 cm³/mol. The van der Waals surface area contributed by atoms with E-state index in [-0.39, 0.29) is 28.9 Å². The van der Waals surface area contributed by atoms with E-state index < -0.39 is 15.4 Å². The number of benzene rings is 1. The van der Waals surface area contributed by atoms with E-state index in [1.165, 1.54) is 24.3 Å². The molecule has 9 heteroatoms. The van der Waals surface area contributed by atoms with Crippen molar-refractivity contribution in [1.82, 2.24) is 10.1 Å². The first-order chi connectivity index (χ1) is 10.4. The molecule has 6 nitrogen and oxygen atoms in total. The van der Waals surface area contributed by atoms with Gasteiger partial charge in [-0.3, -0.25) is 0 Å². The fraction of sp³-hybridized carbons (Fsp3) is 0.429. The summed E-state index contributed by atoms with van der Waals surface area (Å²) < 4.78 is 29.7. The first-order valence-corrected chi connectivity index (χ1v) is 9.02. The first kappa shape index (κ1) is 18.2. The van der Waals surface area contributed by atoms with Crippen LogP contribution < -0.4 is 5.73 Å². The van der Waals surface area contributed by atoms with Gasteiger partial charge in [0.2, 0.25) is 5.89 Å². The Hall–Kier alpha value is -1.15. The van der Waals surface area contributed by atoms with E-state index in [0.29, 0.717) is 10.8 Å². The Morgan fingerprint density at radius 2 is 1.83 bits per heavy atom. The minimum Gasteiger partial charge on any atom is -0.338 e. The lowest BCUT2D eigenvalue weighted by atomic mass is 9.99. The smallest absolute Gasteiger partial charge is 0.242 e. The van der Waals surface area contributed by atoms with Crippen molar-refractivity contribution in [2.24, 2.45) is 5.73 Å². The molecular weight excluding hydrogens is 361 g/mol. The zero-order valence-corrected chi connectivity index (χ0v) is 14.6. The zero-order chi connectivity index (χ0) is 15.8. The molecule has 1 saturated carbocycles. The monoisotopic (exact) mass is 377 g/mol. The molecule has 1 aromatic heterocycles. The van der Waals surface area contributed by atoms with Gasteiger partial charge in [-0.2, -0.15) is 4.98 Å². The van der Waals surface area contributed by atoms with Crippen LogP contribution >= 0.6 is 24.0 Å². The molecule has 1 aliphatic carbocycles. The van der Waals surface area contributed by atoms with Crippen LogP contribution in [0, 0.1) is 0 Å². The molecule has 0 bridgehead atoms. The third-order valence-corrected chi connectivity index (χ3v) is 5.76. The molecule has 0 aliphatic heterocycles. The number of halogens is 2. The average molecular weight is 378 g/mol. The molecule has 2 N–H and O–H groups in total. The molecule has 1 aliphatic rings. The summed E-state index contributed by atoms with van der Waals surface area (Å²) in [5.74, 6) is 0.102. The maximum absolute atomic E-state index is 12.3. The Balaban J connectivity index is 0.00000192. The highest BCUT2D eigenvalue weighted by Crippen LogP contribution is 2.34. The van der Waals surface area contributed by atoms with E-state index in [4.69, 9.17) is 21.9 Å². The van der Waals surface area contributed by atoms with Gasteiger partial charge in [0.15, 0.2) is 15.7 Å². The highest BCUT2D eigenvalue weighted by atomic mass is 35.5. The Kier molecular flexibility index (Phi) is 5.35. The number of rotatable bonds is 4. The molecule has 0 unspecified atom stereocenters. The number of hydrogen-bond acceptors (Lipinski definition) is 6. The molecule has 0 saturated heterocycles. The maximum Gasteiger partial charge on any atom is 0.242 e. The molecular formula is C14H17Cl2N3O3S. The van der Waals surface area contributed by atoms with Gasteiger partial charge < -0.3 is 10.3 Å². The molecule has 0 spiro atoms. The standard InChI is InChI=1S/C14H16ClN3O3S.ClH/c15-10-3-5-11(6-4-10)22(19,20)9-12-17-13(18-21-12)14(16)7-1-2-8-14;/h3-6H,1-2,7-9,16H2;1H. The van der Waals surface area contributed by atoms with Crippen molar-refractivity contribution in [2.45, 2.75) is 41.9 Å². The Morgan fingerprint density at radius 3 is 2.43 bits per heavy atom. The molecule has 0 amide bonds. The van der Waals surface area contributed by atoms with Crippen LogP contribution in [0.5, 0.6) is 0 Å². The van der Waals surface area contributed by atoms with E-state index in [1.807, 2.05) is 0 Å². The summed E-state index contributed by atoms with van der Waals surface area (Å²) in [6.45, 7) is 0. The van der Waals surface area contributed by atoms with Gasteiger partial charge in [-0.25, -0.2) is 8.42 Å². The highest BCUT2D eigenvalue weighted by Gasteiger charge is 2.36. The number of hydrogen-bond donors (Lipinski definition) is 1. The predicted octanol–water partition coefficient (Wildman–Crippen LogP) is 2.85. The van der Waals surface area contributed by atoms with E-state index in [0.717, 1.165) is 25.7 Å². The minimum atomic E-state index is -3.56. The molecule has 0 atom stereocenters. The number of sulfone groups is 1. The molecule has 1 aromatic carbocycles. The largest absolute Gasteiger partial charge is 0.338 e. The van der Waals surface area contributed by atoms with Crippen LogP contribution in [0.4, 0.5) is 0 Å². The second kappa shape index (κ2) is 6.76. The van der Waals surface area contributed by atoms with Gasteiger partial charge in [0.05, 0.1) is 10.4 Å². The van der Waals surface area contributed by atoms with Crippen LogP contribution in [-0.4, -0.2) is 18.6 Å². The van der Waals surface area contributed by atoms with Crippen LogP contribution in [0.1, 0.15) is 37.4 Å². The van der Waals surface area contributed by atoms with Crippen molar-refractivity contribution < 1.29 is 12.9 Å². The van der Waals surface area contributed by atoms with Gasteiger partial charge in [-0.1, -0.05) is 29.6 Å². The SMILES string of the molecule is Cl.NC1(c2noc(CS(=O)(=O)c3ccc(Cl)cc3)n2)CCCC1. The van der Waals surface area contributed by atoms with Gasteiger partial charge in [0, 0.05) is 5.02 Å². The fourth-order valence-electron chi connectivity index (χ4n) is 2.63. The summed E-state index contributed by atoms with van der Waals surface area (Å²) >= 11 is 5.76. The summed E-state index contributed by atoms with van der Waals surface area (Å²) in [4.78, 5) is 4.35. The molecule has 0 radical (unpaired) electrons. The lowest BCUT2D eigenvalue weighted by molar-refractivity contribution is 0.354. The summed E-state index contributed by atoms with van der Waals surface area (Å²) in [6, 6.07) is 5.97. The quantitative estimate of drug-likeness (QED) is 0.878. The average Bonchev–Trinajstić information content (AvgIpc) is 3.09. The molecule has 3 rings (SSSR count). The second-order valence-electron chi connectivity index (χ2n) is 5.59. The second-order valence-corrected chi connectivity index (χ2v) is 8.01. The number of aromatic nitrogens is 2. The first-order valence-electron chi connectivity index (χ1n) is 6.99. The van der Waals surface area contributed by atoms with Crippen molar-refractivity contribution in [3.63, 3.8) is 0 Å². The summed E-state index contributed by atoms with van der Waals surface area (Å²) in [6.07, 6.45) is 3.61. The fourth-order valence-corrected chi connectivity index (χ4v) is 3.92. The summed E-state index contributed by atoms with van der Waals surface area (Å²) in [7, 11) is -3.56. The number of nitrogens with two attached hydrogens (primary N) is 1. The normalized spacial score (nSPS) is 17.0. The summed E-state index contributed by atoms with van der Waals surface area (Å²) in [5.41, 5.74) is 5.64. The molecule has 23 heavy (non-hydrogen) atoms. The van der Waals surface area contributed by atoms with E-state index in [2.05, 4.69) is 10.1 Å². The van der Waals surface area contributed by atoms with E-state index in [9.17, 15) is 8.42 Å². The van der Waals surface area contributed by atoms with E-state index >= 15 is 0 Å². The van der Waals surface area contributed by atoms with Crippen molar-refractivity contribution in [1.29, 1.82) is 0 Å². The van der Waals surface area contributed by atoms with Crippen LogP contribution in [0.3, 0.4) is 0 Å². The lowest BCUT2D eigenvalue weighted by Gasteiger charge is -2.17. The van der Waals surface area contributed by atoms with Crippen molar-refractivity contribution in [3.05, 3.63) is 41.0 Å². The highest BCUT2D eigenvalue weighted by molar-refractivity contribution is 7.90. The van der Waals surface area contributed by atoms with Gasteiger partial charge in [-0.15, -0.1) is 12.4 Å². The Bertz CT molecular complexity index is 769. The topological polar surface area (TPSA) is 99.1 Å². The molecule has 2 aromatic rings. The van der Waals surface area contributed by atoms with Crippen LogP contribution in [-0.2, 0) is 21.1 Å². The zero-order valence-electron chi connectivity index (χ0n) is 12.2. The van der Waals surface area contributed by atoms with Gasteiger partial charge in [0.1, 0.15) is 5.75 Å². The van der Waals surface area contributed by atoms with Crippen molar-refractivity contribution in [2.75, 3.05) is 0 Å². The van der Waals surface area contributed by atoms with Crippen LogP contribution in [0.2, 0.25) is 5.02 Å². The van der Waals surface area contributed by atoms with Gasteiger partial charge >= 0.3 is 0 Å². The van der Waals surface area contributed by atoms with Crippen LogP contribution in [0.15, 0.2) is 33.7 Å². The number of nitrogens with zero attached hydrogens (tertiary/aromatic N) is 2. The molecule has 1 heterocycles. The van der Waals surface area contributed by atoms with Gasteiger partial charge in [-0.05, 0) is 37.1 Å². The van der Waals surface area contributed by atoms with Gasteiger partial charge in [0.25, 0.3) is 0 Å². The van der Waals surface area contributed by atoms with E-state index in [1.54, 1.807) is 0 Å². The van der Waals surface area contributed by atoms with Crippen LogP contribution in [0.25, 0.3) is 0 Å². The minimum absolute atomic E-state index is 0. The lowest BCUT2D eigenvalue weighted by Crippen LogP contribution is -2.34. The van der Waals surface area contributed by atoms with Crippen molar-refractivity contribution in [3.8, 4) is 0 Å². The third-order valence-electron chi connectivity index (χ3n) is 3.90. The Labute approximate surface area is 145 Å².